The first kappa shape index (κ1) is 22.4. The van der Waals surface area contributed by atoms with E-state index in [1.807, 2.05) is 24.3 Å². The van der Waals surface area contributed by atoms with Gasteiger partial charge in [-0.2, -0.15) is 0 Å². The third-order valence-electron chi connectivity index (χ3n) is 5.17. The number of carbonyl (C=O) groups is 1. The Morgan fingerprint density at radius 2 is 1.83 bits per heavy atom. The van der Waals surface area contributed by atoms with Crippen LogP contribution in [0.4, 0.5) is 5.82 Å². The zero-order valence-electron chi connectivity index (χ0n) is 17.8. The van der Waals surface area contributed by atoms with Crippen LogP contribution in [0.3, 0.4) is 0 Å². The molecule has 1 amide bonds. The molecule has 1 atom stereocenters. The first-order valence-electron chi connectivity index (χ1n) is 10.9. The second-order valence-corrected chi connectivity index (χ2v) is 8.70. The van der Waals surface area contributed by atoms with Gasteiger partial charge in [-0.15, -0.1) is 0 Å². The van der Waals surface area contributed by atoms with Gasteiger partial charge < -0.3 is 15.0 Å². The molecule has 3 rings (SSSR count). The quantitative estimate of drug-likeness (QED) is 0.295. The molecule has 2 N–H and O–H groups in total. The molecule has 0 radical (unpaired) electrons. The van der Waals surface area contributed by atoms with Gasteiger partial charge in [0.1, 0.15) is 11.6 Å². The topological polar surface area (TPSA) is 84.1 Å². The molecule has 1 aliphatic rings. The summed E-state index contributed by atoms with van der Waals surface area (Å²) < 4.78 is 5.83. The average Bonchev–Trinajstić information content (AvgIpc) is 2.74. The molecule has 30 heavy (non-hydrogen) atoms. The number of nitrogens with zero attached hydrogens (tertiary/aromatic N) is 1. The van der Waals surface area contributed by atoms with Gasteiger partial charge in [0.05, 0.1) is 12.2 Å². The lowest BCUT2D eigenvalue weighted by atomic mass is 9.87. The third-order valence-corrected chi connectivity index (χ3v) is 6.25. The number of unbranched alkanes of at least 4 members (excludes halogenated alkanes) is 4. The molecule has 0 spiro atoms. The maximum atomic E-state index is 12.8. The van der Waals surface area contributed by atoms with E-state index in [-0.39, 0.29) is 23.8 Å². The zero-order chi connectivity index (χ0) is 21.3. The van der Waals surface area contributed by atoms with Crippen molar-refractivity contribution in [3.05, 3.63) is 45.7 Å². The summed E-state index contributed by atoms with van der Waals surface area (Å²) in [5.41, 5.74) is 1.26. The number of nitrogens with one attached hydrogen (secondary N) is 2. The summed E-state index contributed by atoms with van der Waals surface area (Å²) in [6.45, 7) is 4.99. The van der Waals surface area contributed by atoms with Crippen molar-refractivity contribution in [2.75, 3.05) is 17.7 Å². The minimum Gasteiger partial charge on any atom is -0.494 e. The molecule has 2 heterocycles. The first-order valence-corrected chi connectivity index (χ1v) is 11.9. The summed E-state index contributed by atoms with van der Waals surface area (Å²) in [5, 5.41) is 3.31. The molecule has 0 bridgehead atoms. The van der Waals surface area contributed by atoms with Gasteiger partial charge in [-0.3, -0.25) is 9.59 Å². The van der Waals surface area contributed by atoms with Crippen molar-refractivity contribution in [2.45, 2.75) is 69.9 Å². The molecular weight excluding hydrogens is 398 g/mol. The van der Waals surface area contributed by atoms with Gasteiger partial charge in [0.15, 0.2) is 5.16 Å². The van der Waals surface area contributed by atoms with Crippen LogP contribution >= 0.6 is 11.8 Å². The van der Waals surface area contributed by atoms with Gasteiger partial charge in [-0.25, -0.2) is 4.98 Å². The number of hydrogen-bond acceptors (Lipinski definition) is 5. The van der Waals surface area contributed by atoms with Crippen LogP contribution in [0.5, 0.6) is 5.75 Å². The van der Waals surface area contributed by atoms with Crippen molar-refractivity contribution in [3.8, 4) is 5.75 Å². The van der Waals surface area contributed by atoms with Gasteiger partial charge in [-0.1, -0.05) is 63.4 Å². The summed E-state index contributed by atoms with van der Waals surface area (Å²) in [6, 6.07) is 7.72. The number of anilines is 1. The standard InChI is InChI=1S/C23H31N3O3S/c1-3-5-6-7-8-13-29-17-11-9-16(10-12-17)18-15-19(27)24-21-20(18)22(28)26-23(25-21)30-14-4-2/h9-12,18H,3-8,13-15H2,1-2H3,(H2,24,25,26,27,28). The lowest BCUT2D eigenvalue weighted by Crippen LogP contribution is -2.31. The Morgan fingerprint density at radius 3 is 2.57 bits per heavy atom. The molecule has 1 aromatic carbocycles. The molecule has 162 valence electrons. The Labute approximate surface area is 182 Å². The normalized spacial score (nSPS) is 15.5. The fourth-order valence-electron chi connectivity index (χ4n) is 3.59. The molecular formula is C23H31N3O3S. The number of amides is 1. The Balaban J connectivity index is 1.70. The number of hydrogen-bond donors (Lipinski definition) is 2. The number of carbonyl (C=O) groups excluding carboxylic acids is 1. The highest BCUT2D eigenvalue weighted by molar-refractivity contribution is 7.99. The predicted molar refractivity (Wildman–Crippen MR) is 122 cm³/mol. The minimum atomic E-state index is -0.307. The Morgan fingerprint density at radius 1 is 1.07 bits per heavy atom. The Bertz CT molecular complexity index is 896. The Kier molecular flexibility index (Phi) is 8.37. The Hall–Kier alpha value is -2.28. The fourth-order valence-corrected chi connectivity index (χ4v) is 4.31. The van der Waals surface area contributed by atoms with E-state index in [2.05, 4.69) is 29.1 Å². The van der Waals surface area contributed by atoms with E-state index >= 15 is 0 Å². The van der Waals surface area contributed by atoms with Crippen LogP contribution in [0.25, 0.3) is 0 Å². The molecule has 0 saturated carbocycles. The highest BCUT2D eigenvalue weighted by Gasteiger charge is 2.30. The van der Waals surface area contributed by atoms with Gasteiger partial charge in [-0.05, 0) is 30.5 Å². The smallest absolute Gasteiger partial charge is 0.257 e. The molecule has 0 fully saturated rings. The van der Waals surface area contributed by atoms with Crippen LogP contribution in [-0.2, 0) is 4.79 Å². The molecule has 0 saturated heterocycles. The maximum absolute atomic E-state index is 12.8. The third kappa shape index (κ3) is 5.88. The van der Waals surface area contributed by atoms with E-state index < -0.39 is 0 Å². The van der Waals surface area contributed by atoms with Crippen molar-refractivity contribution >= 4 is 23.5 Å². The van der Waals surface area contributed by atoms with E-state index in [1.54, 1.807) is 0 Å². The second-order valence-electron chi connectivity index (χ2n) is 7.62. The number of fused-ring (bicyclic) bond motifs is 1. The van der Waals surface area contributed by atoms with Gasteiger partial charge in [0.2, 0.25) is 5.91 Å². The average molecular weight is 430 g/mol. The number of ether oxygens (including phenoxy) is 1. The molecule has 1 unspecified atom stereocenters. The van der Waals surface area contributed by atoms with E-state index in [0.29, 0.717) is 23.1 Å². The highest BCUT2D eigenvalue weighted by atomic mass is 32.2. The van der Waals surface area contributed by atoms with E-state index in [1.165, 1.54) is 37.4 Å². The van der Waals surface area contributed by atoms with Crippen molar-refractivity contribution < 1.29 is 9.53 Å². The number of aromatic amines is 1. The minimum absolute atomic E-state index is 0.121. The van der Waals surface area contributed by atoms with Crippen LogP contribution in [0.15, 0.2) is 34.2 Å². The number of rotatable bonds is 11. The summed E-state index contributed by atoms with van der Waals surface area (Å²) in [6.07, 6.45) is 7.22. The molecule has 1 aromatic heterocycles. The molecule has 6 nitrogen and oxygen atoms in total. The first-order chi connectivity index (χ1) is 14.6. The fraction of sp³-hybridized carbons (Fsp3) is 0.522. The molecule has 2 aromatic rings. The number of thioether (sulfide) groups is 1. The number of aromatic nitrogens is 2. The molecule has 0 aliphatic carbocycles. The molecule has 1 aliphatic heterocycles. The predicted octanol–water partition coefficient (Wildman–Crippen LogP) is 5.10. The van der Waals surface area contributed by atoms with Gasteiger partial charge >= 0.3 is 0 Å². The van der Waals surface area contributed by atoms with Crippen molar-refractivity contribution in [1.29, 1.82) is 0 Å². The zero-order valence-corrected chi connectivity index (χ0v) is 18.6. The van der Waals surface area contributed by atoms with Crippen LogP contribution in [0.2, 0.25) is 0 Å². The van der Waals surface area contributed by atoms with Crippen LogP contribution in [-0.4, -0.2) is 28.2 Å². The van der Waals surface area contributed by atoms with E-state index in [4.69, 9.17) is 4.74 Å². The molecule has 7 heteroatoms. The van der Waals surface area contributed by atoms with Crippen LogP contribution < -0.4 is 15.6 Å². The van der Waals surface area contributed by atoms with Crippen molar-refractivity contribution in [1.82, 2.24) is 9.97 Å². The van der Waals surface area contributed by atoms with E-state index in [0.717, 1.165) is 29.9 Å². The number of benzene rings is 1. The monoisotopic (exact) mass is 429 g/mol. The van der Waals surface area contributed by atoms with Gasteiger partial charge in [0, 0.05) is 18.1 Å². The van der Waals surface area contributed by atoms with Crippen LogP contribution in [0.1, 0.15) is 75.8 Å². The highest BCUT2D eigenvalue weighted by Crippen LogP contribution is 2.35. The van der Waals surface area contributed by atoms with Crippen molar-refractivity contribution in [3.63, 3.8) is 0 Å². The second kappa shape index (κ2) is 11.2. The number of H-pyrrole nitrogens is 1. The van der Waals surface area contributed by atoms with Crippen LogP contribution in [0, 0.1) is 0 Å². The summed E-state index contributed by atoms with van der Waals surface area (Å²) in [5.74, 6) is 1.63. The van der Waals surface area contributed by atoms with Crippen molar-refractivity contribution in [2.24, 2.45) is 0 Å². The van der Waals surface area contributed by atoms with Gasteiger partial charge in [0.25, 0.3) is 5.56 Å². The SMILES string of the molecule is CCCCCCCOc1ccc(C2CC(=O)Nc3nc(SCCC)[nH]c(=O)c32)cc1. The summed E-state index contributed by atoms with van der Waals surface area (Å²) in [7, 11) is 0. The van der Waals surface area contributed by atoms with E-state index in [9.17, 15) is 9.59 Å². The maximum Gasteiger partial charge on any atom is 0.257 e. The summed E-state index contributed by atoms with van der Waals surface area (Å²) >= 11 is 1.49. The lowest BCUT2D eigenvalue weighted by Gasteiger charge is -2.24. The summed E-state index contributed by atoms with van der Waals surface area (Å²) in [4.78, 5) is 32.4. The lowest BCUT2D eigenvalue weighted by molar-refractivity contribution is -0.116. The largest absolute Gasteiger partial charge is 0.494 e.